The first kappa shape index (κ1) is 16.4. The predicted octanol–water partition coefficient (Wildman–Crippen LogP) is -0.380. The highest BCUT2D eigenvalue weighted by Crippen LogP contribution is 2.20. The highest BCUT2D eigenvalue weighted by molar-refractivity contribution is 7.16. The zero-order valence-electron chi connectivity index (χ0n) is 13.0. The molecule has 3 rings (SSSR count). The van der Waals surface area contributed by atoms with E-state index in [-0.39, 0.29) is 5.91 Å². The van der Waals surface area contributed by atoms with E-state index in [9.17, 15) is 4.79 Å². The van der Waals surface area contributed by atoms with Crippen LogP contribution in [0.25, 0.3) is 0 Å². The van der Waals surface area contributed by atoms with Crippen LogP contribution in [0.15, 0.2) is 22.7 Å². The van der Waals surface area contributed by atoms with Gasteiger partial charge in [0.1, 0.15) is 38.5 Å². The number of nitrogens with one attached hydrogen (secondary N) is 3. The highest BCUT2D eigenvalue weighted by atomic mass is 35.5. The molecule has 1 amide bonds. The second-order valence-corrected chi connectivity index (χ2v) is 7.73. The molecule has 3 heterocycles. The van der Waals surface area contributed by atoms with Gasteiger partial charge in [0.15, 0.2) is 12.4 Å². The van der Waals surface area contributed by atoms with Gasteiger partial charge in [0.05, 0.1) is 9.21 Å². The molecular weight excluding hydrogens is 336 g/mol. The lowest BCUT2D eigenvalue weighted by atomic mass is 10.3. The smallest absolute Gasteiger partial charge is 0.280 e. The Morgan fingerprint density at radius 3 is 2.70 bits per heavy atom. The number of aromatic nitrogens is 1. The molecule has 0 atom stereocenters. The molecule has 0 aliphatic carbocycles. The number of anilines is 1. The molecule has 2 aromatic rings. The molecule has 2 aromatic heterocycles. The fourth-order valence-electron chi connectivity index (χ4n) is 2.84. The Balaban J connectivity index is 1.41. The van der Waals surface area contributed by atoms with E-state index >= 15 is 0 Å². The standard InChI is InChI=1S/C15H19ClN4O2S/c1-11-8-14(18-22-11)17-15(21)10-20-6-4-19(5-7-20)9-12-2-3-13(16)23-12/h2-3,8H,4-7,9-10H2,1H3,(H,17,18,21)/p+2. The molecule has 0 unspecified atom stereocenters. The summed E-state index contributed by atoms with van der Waals surface area (Å²) in [5.41, 5.74) is 0. The highest BCUT2D eigenvalue weighted by Gasteiger charge is 2.25. The monoisotopic (exact) mass is 356 g/mol. The average molecular weight is 357 g/mol. The van der Waals surface area contributed by atoms with E-state index in [2.05, 4.69) is 16.5 Å². The van der Waals surface area contributed by atoms with Gasteiger partial charge < -0.3 is 19.6 Å². The summed E-state index contributed by atoms with van der Waals surface area (Å²) in [5.74, 6) is 1.17. The number of rotatable bonds is 5. The van der Waals surface area contributed by atoms with Crippen LogP contribution in [0.5, 0.6) is 0 Å². The lowest BCUT2D eigenvalue weighted by Crippen LogP contribution is -3.28. The number of piperazine rings is 1. The van der Waals surface area contributed by atoms with Gasteiger partial charge in [-0.25, -0.2) is 0 Å². The quantitative estimate of drug-likeness (QED) is 0.684. The summed E-state index contributed by atoms with van der Waals surface area (Å²) in [6.07, 6.45) is 0. The van der Waals surface area contributed by atoms with E-state index in [0.717, 1.165) is 37.1 Å². The Hall–Kier alpha value is -1.41. The van der Waals surface area contributed by atoms with Crippen LogP contribution in [0, 0.1) is 6.92 Å². The van der Waals surface area contributed by atoms with E-state index in [4.69, 9.17) is 16.1 Å². The van der Waals surface area contributed by atoms with E-state index in [1.54, 1.807) is 29.2 Å². The first-order valence-corrected chi connectivity index (χ1v) is 8.92. The molecule has 1 aliphatic rings. The molecule has 1 saturated heterocycles. The van der Waals surface area contributed by atoms with Crippen molar-refractivity contribution in [1.29, 1.82) is 0 Å². The van der Waals surface area contributed by atoms with E-state index in [1.165, 1.54) is 9.78 Å². The van der Waals surface area contributed by atoms with Crippen molar-refractivity contribution in [2.75, 3.05) is 38.0 Å². The first-order valence-electron chi connectivity index (χ1n) is 7.73. The number of thiophene rings is 1. The van der Waals surface area contributed by atoms with Gasteiger partial charge in [0.25, 0.3) is 5.91 Å². The Morgan fingerprint density at radius 2 is 2.09 bits per heavy atom. The Labute approximate surface area is 144 Å². The maximum absolute atomic E-state index is 12.0. The minimum Gasteiger partial charge on any atom is -0.360 e. The third kappa shape index (κ3) is 4.78. The number of nitrogens with zero attached hydrogens (tertiary/aromatic N) is 1. The Morgan fingerprint density at radius 1 is 1.35 bits per heavy atom. The molecule has 0 bridgehead atoms. The molecule has 3 N–H and O–H groups in total. The molecule has 0 radical (unpaired) electrons. The largest absolute Gasteiger partial charge is 0.360 e. The molecule has 8 heteroatoms. The van der Waals surface area contributed by atoms with Crippen molar-refractivity contribution in [3.05, 3.63) is 33.2 Å². The van der Waals surface area contributed by atoms with E-state index in [0.29, 0.717) is 18.1 Å². The summed E-state index contributed by atoms with van der Waals surface area (Å²) in [5, 5.41) is 6.56. The molecule has 0 spiro atoms. The van der Waals surface area contributed by atoms with Crippen LogP contribution < -0.4 is 15.1 Å². The number of hydrogen-bond donors (Lipinski definition) is 3. The SMILES string of the molecule is Cc1cc(NC(=O)C[NH+]2CC[NH+](Cc3ccc(Cl)s3)CC2)no1. The fourth-order valence-corrected chi connectivity index (χ4v) is 4.00. The Bertz CT molecular complexity index is 664. The zero-order valence-corrected chi connectivity index (χ0v) is 14.6. The zero-order chi connectivity index (χ0) is 16.2. The molecule has 0 saturated carbocycles. The van der Waals surface area contributed by atoms with Crippen LogP contribution in [-0.4, -0.2) is 43.8 Å². The van der Waals surface area contributed by atoms with Crippen molar-refractivity contribution >= 4 is 34.7 Å². The number of carbonyl (C=O) groups excluding carboxylic acids is 1. The van der Waals surface area contributed by atoms with Crippen LogP contribution in [-0.2, 0) is 11.3 Å². The predicted molar refractivity (Wildman–Crippen MR) is 89.2 cm³/mol. The molecule has 6 nitrogen and oxygen atoms in total. The van der Waals surface area contributed by atoms with Crippen LogP contribution >= 0.6 is 22.9 Å². The summed E-state index contributed by atoms with van der Waals surface area (Å²) >= 11 is 7.63. The third-order valence-corrected chi connectivity index (χ3v) is 5.25. The van der Waals surface area contributed by atoms with Crippen LogP contribution in [0.4, 0.5) is 5.82 Å². The van der Waals surface area contributed by atoms with Gasteiger partial charge >= 0.3 is 0 Å². The number of carbonyl (C=O) groups is 1. The summed E-state index contributed by atoms with van der Waals surface area (Å²) in [6.45, 7) is 7.44. The van der Waals surface area contributed by atoms with Crippen molar-refractivity contribution in [2.24, 2.45) is 0 Å². The van der Waals surface area contributed by atoms with Gasteiger partial charge in [-0.2, -0.15) is 0 Å². The molecule has 1 fully saturated rings. The molecule has 23 heavy (non-hydrogen) atoms. The van der Waals surface area contributed by atoms with Crippen molar-refractivity contribution in [2.45, 2.75) is 13.5 Å². The summed E-state index contributed by atoms with van der Waals surface area (Å²) < 4.78 is 5.79. The molecule has 0 aromatic carbocycles. The van der Waals surface area contributed by atoms with E-state index in [1.807, 2.05) is 6.07 Å². The average Bonchev–Trinajstić information content (AvgIpc) is 3.10. The maximum atomic E-state index is 12.0. The van der Waals surface area contributed by atoms with Crippen molar-refractivity contribution in [3.8, 4) is 0 Å². The Kier molecular flexibility index (Phi) is 5.32. The molecule has 1 aliphatic heterocycles. The summed E-state index contributed by atoms with van der Waals surface area (Å²) in [4.78, 5) is 16.2. The molecular formula is C15H21ClN4O2S+2. The van der Waals surface area contributed by atoms with Gasteiger partial charge in [0, 0.05) is 6.07 Å². The fraction of sp³-hybridized carbons (Fsp3) is 0.467. The van der Waals surface area contributed by atoms with Gasteiger partial charge in [0.2, 0.25) is 0 Å². The summed E-state index contributed by atoms with van der Waals surface area (Å²) in [7, 11) is 0. The lowest BCUT2D eigenvalue weighted by molar-refractivity contribution is -1.01. The van der Waals surface area contributed by atoms with Crippen LogP contribution in [0.1, 0.15) is 10.6 Å². The normalized spacial score (nSPS) is 21.3. The lowest BCUT2D eigenvalue weighted by Gasteiger charge is -2.28. The third-order valence-electron chi connectivity index (χ3n) is 4.02. The van der Waals surface area contributed by atoms with E-state index < -0.39 is 0 Å². The van der Waals surface area contributed by atoms with Crippen molar-refractivity contribution in [1.82, 2.24) is 5.16 Å². The van der Waals surface area contributed by atoms with Gasteiger partial charge in [-0.1, -0.05) is 16.8 Å². The number of amides is 1. The van der Waals surface area contributed by atoms with Crippen molar-refractivity contribution in [3.63, 3.8) is 0 Å². The number of hydrogen-bond acceptors (Lipinski definition) is 4. The number of aryl methyl sites for hydroxylation is 1. The topological polar surface area (TPSA) is 64.0 Å². The summed E-state index contributed by atoms with van der Waals surface area (Å²) in [6, 6.07) is 5.78. The van der Waals surface area contributed by atoms with Crippen molar-refractivity contribution < 1.29 is 19.1 Å². The minimum atomic E-state index is -0.0122. The van der Waals surface area contributed by atoms with Gasteiger partial charge in [-0.05, 0) is 19.1 Å². The maximum Gasteiger partial charge on any atom is 0.280 e. The number of halogens is 1. The van der Waals surface area contributed by atoms with Gasteiger partial charge in [-0.15, -0.1) is 11.3 Å². The first-order chi connectivity index (χ1) is 11.1. The van der Waals surface area contributed by atoms with Crippen LogP contribution in [0.2, 0.25) is 4.34 Å². The minimum absolute atomic E-state index is 0.0122. The second kappa shape index (κ2) is 7.44. The van der Waals surface area contributed by atoms with Gasteiger partial charge in [-0.3, -0.25) is 4.79 Å². The number of quaternary nitrogens is 2. The van der Waals surface area contributed by atoms with Crippen LogP contribution in [0.3, 0.4) is 0 Å². The second-order valence-electron chi connectivity index (χ2n) is 5.93. The molecule has 124 valence electrons.